The molecule has 1 rings (SSSR count). The maximum Gasteiger partial charge on any atom is 0.312 e. The van der Waals surface area contributed by atoms with E-state index in [1.54, 1.807) is 12.2 Å². The molecule has 0 atom stereocenters. The largest absolute Gasteiger partial charge is 0.460 e. The molecule has 13 heavy (non-hydrogen) atoms. The van der Waals surface area contributed by atoms with Gasteiger partial charge in [0.25, 0.3) is 0 Å². The highest BCUT2D eigenvalue weighted by Gasteiger charge is 2.35. The molecule has 0 aliphatic carbocycles. The molecule has 0 aromatic heterocycles. The van der Waals surface area contributed by atoms with Crippen molar-refractivity contribution in [2.75, 3.05) is 20.2 Å². The van der Waals surface area contributed by atoms with Crippen molar-refractivity contribution in [1.82, 2.24) is 5.06 Å². The maximum atomic E-state index is 11.4. The highest BCUT2D eigenvalue weighted by Crippen LogP contribution is 2.19. The highest BCUT2D eigenvalue weighted by atomic mass is 16.7. The predicted molar refractivity (Wildman–Crippen MR) is 47.9 cm³/mol. The number of rotatable bonds is 2. The third-order valence-corrected chi connectivity index (χ3v) is 1.85. The zero-order valence-corrected chi connectivity index (χ0v) is 8.66. The van der Waals surface area contributed by atoms with Crippen molar-refractivity contribution in [3.8, 4) is 0 Å². The predicted octanol–water partition coefficient (Wildman–Crippen LogP) is 0.821. The van der Waals surface area contributed by atoms with Gasteiger partial charge in [-0.2, -0.15) is 5.06 Å². The maximum absolute atomic E-state index is 11.4. The van der Waals surface area contributed by atoms with Crippen molar-refractivity contribution in [3.05, 3.63) is 0 Å². The summed E-state index contributed by atoms with van der Waals surface area (Å²) < 4.78 is 5.21. The molecule has 4 nitrogen and oxygen atoms in total. The number of hydrogen-bond donors (Lipinski definition) is 0. The van der Waals surface area contributed by atoms with E-state index in [0.717, 1.165) is 0 Å². The number of hydroxylamine groups is 2. The fourth-order valence-corrected chi connectivity index (χ4v) is 1.12. The van der Waals surface area contributed by atoms with Crippen LogP contribution in [0.3, 0.4) is 0 Å². The SMILES string of the molecule is CON1CC(C(=O)OC(C)(C)C)C1. The van der Waals surface area contributed by atoms with E-state index in [1.807, 2.05) is 20.8 Å². The van der Waals surface area contributed by atoms with Crippen molar-refractivity contribution in [2.45, 2.75) is 26.4 Å². The van der Waals surface area contributed by atoms with Gasteiger partial charge in [-0.25, -0.2) is 0 Å². The average molecular weight is 187 g/mol. The summed E-state index contributed by atoms with van der Waals surface area (Å²) in [6.07, 6.45) is 0. The molecule has 0 saturated carbocycles. The van der Waals surface area contributed by atoms with Gasteiger partial charge in [0.05, 0.1) is 13.0 Å². The molecule has 1 heterocycles. The molecule has 0 aromatic rings. The average Bonchev–Trinajstić information content (AvgIpc) is 1.79. The van der Waals surface area contributed by atoms with Gasteiger partial charge in [0.2, 0.25) is 0 Å². The monoisotopic (exact) mass is 187 g/mol. The Kier molecular flexibility index (Phi) is 2.93. The van der Waals surface area contributed by atoms with Gasteiger partial charge in [0.15, 0.2) is 0 Å². The lowest BCUT2D eigenvalue weighted by Gasteiger charge is -2.36. The van der Waals surface area contributed by atoms with Crippen molar-refractivity contribution in [1.29, 1.82) is 0 Å². The summed E-state index contributed by atoms with van der Waals surface area (Å²) in [5, 5.41) is 1.73. The Morgan fingerprint density at radius 2 is 1.92 bits per heavy atom. The number of carbonyl (C=O) groups excluding carboxylic acids is 1. The third kappa shape index (κ3) is 2.97. The minimum Gasteiger partial charge on any atom is -0.460 e. The zero-order valence-electron chi connectivity index (χ0n) is 8.66. The van der Waals surface area contributed by atoms with Crippen molar-refractivity contribution < 1.29 is 14.4 Å². The smallest absolute Gasteiger partial charge is 0.312 e. The van der Waals surface area contributed by atoms with E-state index >= 15 is 0 Å². The van der Waals surface area contributed by atoms with E-state index in [0.29, 0.717) is 13.1 Å². The van der Waals surface area contributed by atoms with Gasteiger partial charge in [-0.3, -0.25) is 4.79 Å². The molecule has 1 fully saturated rings. The van der Waals surface area contributed by atoms with Gasteiger partial charge < -0.3 is 9.57 Å². The van der Waals surface area contributed by atoms with E-state index in [9.17, 15) is 4.79 Å². The molecule has 0 unspecified atom stereocenters. The number of nitrogens with zero attached hydrogens (tertiary/aromatic N) is 1. The number of hydrogen-bond acceptors (Lipinski definition) is 4. The minimum absolute atomic E-state index is 0.0147. The molecule has 1 aliphatic heterocycles. The Labute approximate surface area is 78.8 Å². The standard InChI is InChI=1S/C9H17NO3/c1-9(2,3)13-8(11)7-5-10(6-7)12-4/h7H,5-6H2,1-4H3. The Balaban J connectivity index is 2.27. The Bertz CT molecular complexity index is 192. The van der Waals surface area contributed by atoms with Crippen molar-refractivity contribution in [3.63, 3.8) is 0 Å². The zero-order chi connectivity index (χ0) is 10.1. The van der Waals surface area contributed by atoms with E-state index in [-0.39, 0.29) is 17.5 Å². The molecule has 0 bridgehead atoms. The van der Waals surface area contributed by atoms with Crippen LogP contribution in [0.5, 0.6) is 0 Å². The topological polar surface area (TPSA) is 38.8 Å². The molecule has 4 heteroatoms. The van der Waals surface area contributed by atoms with Crippen molar-refractivity contribution >= 4 is 5.97 Å². The highest BCUT2D eigenvalue weighted by molar-refractivity contribution is 5.74. The number of esters is 1. The molecule has 1 aliphatic rings. The van der Waals surface area contributed by atoms with E-state index < -0.39 is 0 Å². The first-order chi connectivity index (χ1) is 5.92. The van der Waals surface area contributed by atoms with Gasteiger partial charge in [-0.05, 0) is 20.8 Å². The van der Waals surface area contributed by atoms with Crippen LogP contribution in [0.15, 0.2) is 0 Å². The van der Waals surface area contributed by atoms with Crippen molar-refractivity contribution in [2.24, 2.45) is 5.92 Å². The lowest BCUT2D eigenvalue weighted by atomic mass is 10.0. The summed E-state index contributed by atoms with van der Waals surface area (Å²) in [7, 11) is 1.60. The Hall–Kier alpha value is -0.610. The van der Waals surface area contributed by atoms with Gasteiger partial charge in [0, 0.05) is 13.1 Å². The van der Waals surface area contributed by atoms with E-state index in [1.165, 1.54) is 0 Å². The second-order valence-electron chi connectivity index (χ2n) is 4.26. The first-order valence-electron chi connectivity index (χ1n) is 4.44. The van der Waals surface area contributed by atoms with E-state index in [2.05, 4.69) is 0 Å². The van der Waals surface area contributed by atoms with Crippen LogP contribution in [0.1, 0.15) is 20.8 Å². The normalized spacial score (nSPS) is 19.7. The van der Waals surface area contributed by atoms with Crippen LogP contribution in [-0.2, 0) is 14.4 Å². The van der Waals surface area contributed by atoms with Gasteiger partial charge in [0.1, 0.15) is 5.60 Å². The molecular weight excluding hydrogens is 170 g/mol. The second kappa shape index (κ2) is 3.64. The Morgan fingerprint density at radius 3 is 2.31 bits per heavy atom. The van der Waals surface area contributed by atoms with E-state index in [4.69, 9.17) is 9.57 Å². The summed E-state index contributed by atoms with van der Waals surface area (Å²) in [5.41, 5.74) is -0.384. The van der Waals surface area contributed by atoms with Gasteiger partial charge in [-0.15, -0.1) is 0 Å². The van der Waals surface area contributed by atoms with Gasteiger partial charge >= 0.3 is 5.97 Å². The van der Waals surface area contributed by atoms with Crippen LogP contribution in [0.25, 0.3) is 0 Å². The molecule has 76 valence electrons. The molecule has 1 saturated heterocycles. The van der Waals surface area contributed by atoms with Crippen LogP contribution >= 0.6 is 0 Å². The summed E-state index contributed by atoms with van der Waals surface area (Å²) in [4.78, 5) is 16.3. The summed E-state index contributed by atoms with van der Waals surface area (Å²) in [6, 6.07) is 0. The molecule has 0 spiro atoms. The lowest BCUT2D eigenvalue weighted by molar-refractivity contribution is -0.213. The lowest BCUT2D eigenvalue weighted by Crippen LogP contribution is -2.51. The summed E-state index contributed by atoms with van der Waals surface area (Å²) in [5.74, 6) is -0.139. The number of ether oxygens (including phenoxy) is 1. The third-order valence-electron chi connectivity index (χ3n) is 1.85. The summed E-state index contributed by atoms with van der Waals surface area (Å²) in [6.45, 7) is 6.91. The van der Waals surface area contributed by atoms with Crippen LogP contribution in [0, 0.1) is 5.92 Å². The molecule has 0 amide bonds. The van der Waals surface area contributed by atoms with Crippen LogP contribution in [-0.4, -0.2) is 36.8 Å². The quantitative estimate of drug-likeness (QED) is 0.600. The van der Waals surface area contributed by atoms with Gasteiger partial charge in [-0.1, -0.05) is 0 Å². The fourth-order valence-electron chi connectivity index (χ4n) is 1.12. The molecule has 0 radical (unpaired) electrons. The van der Waals surface area contributed by atoms with Crippen LogP contribution in [0.4, 0.5) is 0 Å². The minimum atomic E-state index is -0.384. The molecular formula is C9H17NO3. The molecule has 0 N–H and O–H groups in total. The Morgan fingerprint density at radius 1 is 1.38 bits per heavy atom. The summed E-state index contributed by atoms with van der Waals surface area (Å²) >= 11 is 0. The first-order valence-corrected chi connectivity index (χ1v) is 4.44. The second-order valence-corrected chi connectivity index (χ2v) is 4.26. The molecule has 0 aromatic carbocycles. The number of carbonyl (C=O) groups is 1. The van der Waals surface area contributed by atoms with Crippen LogP contribution < -0.4 is 0 Å². The van der Waals surface area contributed by atoms with Crippen LogP contribution in [0.2, 0.25) is 0 Å². The fraction of sp³-hybridized carbons (Fsp3) is 0.889. The first kappa shape index (κ1) is 10.5.